The Balaban J connectivity index is 1.72. The van der Waals surface area contributed by atoms with Crippen LogP contribution >= 0.6 is 11.8 Å². The molecule has 0 aromatic carbocycles. The molecule has 0 spiro atoms. The second-order valence-electron chi connectivity index (χ2n) is 4.63. The van der Waals surface area contributed by atoms with Gasteiger partial charge in [-0.25, -0.2) is 0 Å². The quantitative estimate of drug-likeness (QED) is 0.870. The molecule has 6 nitrogen and oxygen atoms in total. The van der Waals surface area contributed by atoms with Gasteiger partial charge in [-0.15, -0.1) is 11.8 Å². The minimum Gasteiger partial charge on any atom is -0.481 e. The maximum atomic E-state index is 11.8. The van der Waals surface area contributed by atoms with Gasteiger partial charge in [0.2, 0.25) is 5.91 Å². The van der Waals surface area contributed by atoms with Crippen LogP contribution in [0.3, 0.4) is 0 Å². The second kappa shape index (κ2) is 5.64. The molecule has 0 atom stereocenters. The SMILES string of the molecule is Cc1noc(C)c1CSCC(=O)N1CC(C(=O)O)C1. The number of aryl methyl sites for hydroxylation is 2. The molecule has 0 bridgehead atoms. The highest BCUT2D eigenvalue weighted by molar-refractivity contribution is 7.99. The number of carboxylic acids is 1. The van der Waals surface area contributed by atoms with Crippen LogP contribution < -0.4 is 0 Å². The van der Waals surface area contributed by atoms with E-state index in [4.69, 9.17) is 9.63 Å². The first-order chi connectivity index (χ1) is 8.99. The Hall–Kier alpha value is -1.50. The number of hydrogen-bond donors (Lipinski definition) is 1. The zero-order valence-corrected chi connectivity index (χ0v) is 11.7. The van der Waals surface area contributed by atoms with Gasteiger partial charge in [-0.2, -0.15) is 0 Å². The number of carbonyl (C=O) groups is 2. The van der Waals surface area contributed by atoms with Crippen LogP contribution in [0.4, 0.5) is 0 Å². The molecule has 2 heterocycles. The van der Waals surface area contributed by atoms with E-state index in [0.717, 1.165) is 17.0 Å². The van der Waals surface area contributed by atoms with Crippen LogP contribution in [0.5, 0.6) is 0 Å². The Bertz CT molecular complexity index is 474. The van der Waals surface area contributed by atoms with Crippen molar-refractivity contribution in [2.45, 2.75) is 19.6 Å². The number of rotatable bonds is 5. The summed E-state index contributed by atoms with van der Waals surface area (Å²) in [4.78, 5) is 24.0. The Morgan fingerprint density at radius 3 is 2.68 bits per heavy atom. The summed E-state index contributed by atoms with van der Waals surface area (Å²) < 4.78 is 5.05. The van der Waals surface area contributed by atoms with Crippen molar-refractivity contribution < 1.29 is 19.2 Å². The summed E-state index contributed by atoms with van der Waals surface area (Å²) in [5, 5.41) is 12.6. The standard InChI is InChI=1S/C12H16N2O4S/c1-7-10(8(2)18-13-7)5-19-6-11(15)14-3-9(4-14)12(16)17/h9H,3-6H2,1-2H3,(H,16,17). The van der Waals surface area contributed by atoms with Crippen LogP contribution in [0.1, 0.15) is 17.0 Å². The third kappa shape index (κ3) is 3.09. The Morgan fingerprint density at radius 1 is 1.47 bits per heavy atom. The summed E-state index contributed by atoms with van der Waals surface area (Å²) in [6.45, 7) is 4.39. The Kier molecular flexibility index (Phi) is 4.14. The molecular weight excluding hydrogens is 268 g/mol. The summed E-state index contributed by atoms with van der Waals surface area (Å²) in [6, 6.07) is 0. The Morgan fingerprint density at radius 2 is 2.16 bits per heavy atom. The van der Waals surface area contributed by atoms with Crippen molar-refractivity contribution in [1.82, 2.24) is 10.1 Å². The fourth-order valence-corrected chi connectivity index (χ4v) is 2.95. The molecule has 1 amide bonds. The van der Waals surface area contributed by atoms with E-state index in [2.05, 4.69) is 5.16 Å². The lowest BCUT2D eigenvalue weighted by atomic mass is 10.0. The fraction of sp³-hybridized carbons (Fsp3) is 0.583. The molecule has 1 aliphatic heterocycles. The molecule has 19 heavy (non-hydrogen) atoms. The molecule has 1 aliphatic rings. The molecule has 7 heteroatoms. The number of likely N-dealkylation sites (tertiary alicyclic amines) is 1. The van der Waals surface area contributed by atoms with Gasteiger partial charge in [0.25, 0.3) is 0 Å². The van der Waals surface area contributed by atoms with Gasteiger partial charge >= 0.3 is 5.97 Å². The molecule has 0 radical (unpaired) electrons. The number of aromatic nitrogens is 1. The average Bonchev–Trinajstić information content (AvgIpc) is 2.57. The van der Waals surface area contributed by atoms with Crippen molar-refractivity contribution in [3.05, 3.63) is 17.0 Å². The molecule has 0 unspecified atom stereocenters. The number of aliphatic carboxylic acids is 1. The number of carboxylic acid groups (broad SMARTS) is 1. The molecule has 0 saturated carbocycles. The van der Waals surface area contributed by atoms with Crippen molar-refractivity contribution in [2.75, 3.05) is 18.8 Å². The number of amides is 1. The van der Waals surface area contributed by atoms with Crippen molar-refractivity contribution in [2.24, 2.45) is 5.92 Å². The van der Waals surface area contributed by atoms with Crippen LogP contribution in [0.25, 0.3) is 0 Å². The predicted molar refractivity (Wildman–Crippen MR) is 69.8 cm³/mol. The first kappa shape index (κ1) is 13.9. The molecule has 1 aromatic rings. The largest absolute Gasteiger partial charge is 0.481 e. The van der Waals surface area contributed by atoms with Gasteiger partial charge in [-0.3, -0.25) is 9.59 Å². The summed E-state index contributed by atoms with van der Waals surface area (Å²) in [5.74, 6) is 0.602. The van der Waals surface area contributed by atoms with Crippen LogP contribution in [-0.4, -0.2) is 45.9 Å². The minimum absolute atomic E-state index is 0.00531. The molecular formula is C12H16N2O4S. The van der Waals surface area contributed by atoms with Gasteiger partial charge in [-0.05, 0) is 13.8 Å². The molecule has 1 fully saturated rings. The Labute approximate surface area is 115 Å². The molecule has 0 aliphatic carbocycles. The molecule has 104 valence electrons. The minimum atomic E-state index is -0.826. The number of hydrogen-bond acceptors (Lipinski definition) is 5. The number of carbonyl (C=O) groups excluding carboxylic acids is 1. The van der Waals surface area contributed by atoms with Crippen LogP contribution in [0, 0.1) is 19.8 Å². The highest BCUT2D eigenvalue weighted by Crippen LogP contribution is 2.21. The zero-order chi connectivity index (χ0) is 14.0. The van der Waals surface area contributed by atoms with E-state index in [1.807, 2.05) is 13.8 Å². The van der Waals surface area contributed by atoms with Crippen LogP contribution in [0.15, 0.2) is 4.52 Å². The van der Waals surface area contributed by atoms with E-state index in [0.29, 0.717) is 24.6 Å². The van der Waals surface area contributed by atoms with Gasteiger partial charge < -0.3 is 14.5 Å². The van der Waals surface area contributed by atoms with Crippen molar-refractivity contribution >= 4 is 23.6 Å². The first-order valence-corrected chi connectivity index (χ1v) is 7.14. The molecule has 2 rings (SSSR count). The van der Waals surface area contributed by atoms with Gasteiger partial charge in [-0.1, -0.05) is 5.16 Å². The van der Waals surface area contributed by atoms with Crippen molar-refractivity contribution in [3.8, 4) is 0 Å². The summed E-state index contributed by atoms with van der Waals surface area (Å²) in [7, 11) is 0. The molecule has 1 aromatic heterocycles. The smallest absolute Gasteiger partial charge is 0.310 e. The third-order valence-corrected chi connectivity index (χ3v) is 4.18. The van der Waals surface area contributed by atoms with E-state index in [9.17, 15) is 9.59 Å². The second-order valence-corrected chi connectivity index (χ2v) is 5.62. The lowest BCUT2D eigenvalue weighted by molar-refractivity contribution is -0.151. The highest BCUT2D eigenvalue weighted by Gasteiger charge is 2.35. The molecule has 1 saturated heterocycles. The van der Waals surface area contributed by atoms with E-state index in [-0.39, 0.29) is 5.91 Å². The predicted octanol–water partition coefficient (Wildman–Crippen LogP) is 1.07. The summed E-state index contributed by atoms with van der Waals surface area (Å²) in [6.07, 6.45) is 0. The van der Waals surface area contributed by atoms with E-state index in [1.165, 1.54) is 11.8 Å². The first-order valence-electron chi connectivity index (χ1n) is 5.99. The lowest BCUT2D eigenvalue weighted by Gasteiger charge is -2.36. The van der Waals surface area contributed by atoms with Crippen LogP contribution in [-0.2, 0) is 15.3 Å². The van der Waals surface area contributed by atoms with Crippen molar-refractivity contribution in [1.29, 1.82) is 0 Å². The number of thioether (sulfide) groups is 1. The highest BCUT2D eigenvalue weighted by atomic mass is 32.2. The normalized spacial score (nSPS) is 15.4. The van der Waals surface area contributed by atoms with E-state index < -0.39 is 11.9 Å². The third-order valence-electron chi connectivity index (χ3n) is 3.24. The topological polar surface area (TPSA) is 83.6 Å². The molecule has 1 N–H and O–H groups in total. The monoisotopic (exact) mass is 284 g/mol. The lowest BCUT2D eigenvalue weighted by Crippen LogP contribution is -2.53. The van der Waals surface area contributed by atoms with E-state index in [1.54, 1.807) is 4.90 Å². The fourth-order valence-electron chi connectivity index (χ4n) is 1.88. The number of nitrogens with zero attached hydrogens (tertiary/aromatic N) is 2. The van der Waals surface area contributed by atoms with Crippen molar-refractivity contribution in [3.63, 3.8) is 0 Å². The van der Waals surface area contributed by atoms with Gasteiger partial charge in [0.15, 0.2) is 0 Å². The summed E-state index contributed by atoms with van der Waals surface area (Å²) in [5.41, 5.74) is 1.89. The maximum absolute atomic E-state index is 11.8. The van der Waals surface area contributed by atoms with Gasteiger partial charge in [0, 0.05) is 24.4 Å². The van der Waals surface area contributed by atoms with Crippen LogP contribution in [0.2, 0.25) is 0 Å². The average molecular weight is 284 g/mol. The van der Waals surface area contributed by atoms with E-state index >= 15 is 0 Å². The summed E-state index contributed by atoms with van der Waals surface area (Å²) >= 11 is 1.50. The van der Waals surface area contributed by atoms with Gasteiger partial charge in [0.05, 0.1) is 17.4 Å². The van der Waals surface area contributed by atoms with Gasteiger partial charge in [0.1, 0.15) is 5.76 Å². The maximum Gasteiger partial charge on any atom is 0.310 e. The zero-order valence-electron chi connectivity index (χ0n) is 10.9.